The van der Waals surface area contributed by atoms with Crippen LogP contribution < -0.4 is 16.6 Å². The average Bonchev–Trinajstić information content (AvgIpc) is 2.23. The van der Waals surface area contributed by atoms with Crippen molar-refractivity contribution in [2.75, 3.05) is 11.9 Å². The van der Waals surface area contributed by atoms with Gasteiger partial charge in [0.15, 0.2) is 0 Å². The van der Waals surface area contributed by atoms with E-state index in [2.05, 4.69) is 31.7 Å². The fraction of sp³-hybridized carbons (Fsp3) is 0.222. The van der Waals surface area contributed by atoms with E-state index in [0.29, 0.717) is 17.5 Å². The van der Waals surface area contributed by atoms with E-state index >= 15 is 0 Å². The SMILES string of the molecule is CCN=C(NN)Nc1ccc(Cl)c(Br)c1. The molecule has 0 heterocycles. The van der Waals surface area contributed by atoms with E-state index in [0.717, 1.165) is 10.2 Å². The molecule has 0 aromatic heterocycles. The summed E-state index contributed by atoms with van der Waals surface area (Å²) in [6.45, 7) is 2.58. The standard InChI is InChI=1S/C9H12BrClN4/c1-2-13-9(15-12)14-6-3-4-8(11)7(10)5-6/h3-5H,2,12H2,1H3,(H2,13,14,15). The van der Waals surface area contributed by atoms with Crippen molar-refractivity contribution in [1.82, 2.24) is 5.43 Å². The zero-order valence-corrected chi connectivity index (χ0v) is 10.6. The number of benzene rings is 1. The van der Waals surface area contributed by atoms with E-state index in [-0.39, 0.29) is 0 Å². The summed E-state index contributed by atoms with van der Waals surface area (Å²) < 4.78 is 0.821. The van der Waals surface area contributed by atoms with Crippen molar-refractivity contribution < 1.29 is 0 Å². The third-order valence-electron chi connectivity index (χ3n) is 1.64. The molecule has 0 saturated heterocycles. The molecule has 0 aliphatic carbocycles. The largest absolute Gasteiger partial charge is 0.325 e. The van der Waals surface area contributed by atoms with Gasteiger partial charge in [-0.2, -0.15) is 0 Å². The molecule has 1 aromatic carbocycles. The number of guanidine groups is 1. The minimum Gasteiger partial charge on any atom is -0.325 e. The van der Waals surface area contributed by atoms with Gasteiger partial charge in [0.2, 0.25) is 5.96 Å². The number of aliphatic imine (C=N–C) groups is 1. The summed E-state index contributed by atoms with van der Waals surface area (Å²) in [5.41, 5.74) is 3.33. The zero-order chi connectivity index (χ0) is 11.3. The van der Waals surface area contributed by atoms with Gasteiger partial charge in [-0.3, -0.25) is 10.4 Å². The van der Waals surface area contributed by atoms with Gasteiger partial charge in [-0.25, -0.2) is 5.84 Å². The number of hydrogen-bond donors (Lipinski definition) is 3. The lowest BCUT2D eigenvalue weighted by molar-refractivity contribution is 0.986. The lowest BCUT2D eigenvalue weighted by Crippen LogP contribution is -2.36. The van der Waals surface area contributed by atoms with E-state index in [1.54, 1.807) is 6.07 Å². The molecule has 0 radical (unpaired) electrons. The molecule has 1 aromatic rings. The van der Waals surface area contributed by atoms with Gasteiger partial charge in [0.05, 0.1) is 5.02 Å². The Balaban J connectivity index is 2.80. The first-order valence-corrected chi connectivity index (χ1v) is 5.57. The van der Waals surface area contributed by atoms with Crippen LogP contribution in [0.25, 0.3) is 0 Å². The Kier molecular flexibility index (Phi) is 4.87. The van der Waals surface area contributed by atoms with E-state index in [1.165, 1.54) is 0 Å². The summed E-state index contributed by atoms with van der Waals surface area (Å²) in [5.74, 6) is 5.81. The van der Waals surface area contributed by atoms with Gasteiger partial charge >= 0.3 is 0 Å². The Labute approximate surface area is 102 Å². The zero-order valence-electron chi connectivity index (χ0n) is 8.22. The van der Waals surface area contributed by atoms with Crippen molar-refractivity contribution in [3.63, 3.8) is 0 Å². The highest BCUT2D eigenvalue weighted by molar-refractivity contribution is 9.10. The van der Waals surface area contributed by atoms with Crippen LogP contribution in [0.1, 0.15) is 6.92 Å². The number of nitrogens with one attached hydrogen (secondary N) is 2. The normalized spacial score (nSPS) is 11.3. The summed E-state index contributed by atoms with van der Waals surface area (Å²) in [5, 5.41) is 3.69. The maximum Gasteiger partial charge on any atom is 0.210 e. The van der Waals surface area contributed by atoms with Crippen molar-refractivity contribution in [2.24, 2.45) is 10.8 Å². The lowest BCUT2D eigenvalue weighted by Gasteiger charge is -2.09. The van der Waals surface area contributed by atoms with Crippen molar-refractivity contribution in [2.45, 2.75) is 6.92 Å². The monoisotopic (exact) mass is 290 g/mol. The second-order valence-electron chi connectivity index (χ2n) is 2.72. The minimum atomic E-state index is 0.520. The predicted octanol–water partition coefficient (Wildman–Crippen LogP) is 2.35. The third kappa shape index (κ3) is 3.70. The Morgan fingerprint density at radius 3 is 2.87 bits per heavy atom. The van der Waals surface area contributed by atoms with Crippen LogP contribution in [0, 0.1) is 0 Å². The molecule has 0 aliphatic rings. The van der Waals surface area contributed by atoms with Gasteiger partial charge in [0, 0.05) is 16.7 Å². The predicted molar refractivity (Wildman–Crippen MR) is 68.1 cm³/mol. The van der Waals surface area contributed by atoms with E-state index in [4.69, 9.17) is 17.4 Å². The Hall–Kier alpha value is -0.780. The Morgan fingerprint density at radius 2 is 2.33 bits per heavy atom. The van der Waals surface area contributed by atoms with Crippen LogP contribution in [0.5, 0.6) is 0 Å². The second kappa shape index (κ2) is 5.95. The summed E-state index contributed by atoms with van der Waals surface area (Å²) >= 11 is 9.20. The number of nitrogens with zero attached hydrogens (tertiary/aromatic N) is 1. The van der Waals surface area contributed by atoms with Gasteiger partial charge in [0.25, 0.3) is 0 Å². The number of anilines is 1. The molecule has 0 spiro atoms. The maximum atomic E-state index is 5.87. The summed E-state index contributed by atoms with van der Waals surface area (Å²) in [4.78, 5) is 4.11. The van der Waals surface area contributed by atoms with E-state index < -0.39 is 0 Å². The van der Waals surface area contributed by atoms with E-state index in [1.807, 2.05) is 19.1 Å². The third-order valence-corrected chi connectivity index (χ3v) is 2.85. The highest BCUT2D eigenvalue weighted by Gasteiger charge is 2.00. The van der Waals surface area contributed by atoms with Crippen molar-refractivity contribution in [3.05, 3.63) is 27.7 Å². The molecule has 0 unspecified atom stereocenters. The number of nitrogens with two attached hydrogens (primary N) is 1. The highest BCUT2D eigenvalue weighted by atomic mass is 79.9. The topological polar surface area (TPSA) is 62.4 Å². The van der Waals surface area contributed by atoms with Gasteiger partial charge < -0.3 is 5.32 Å². The summed E-state index contributed by atoms with van der Waals surface area (Å²) in [6, 6.07) is 5.48. The molecule has 0 aliphatic heterocycles. The quantitative estimate of drug-likeness (QED) is 0.339. The molecule has 0 saturated carbocycles. The summed E-state index contributed by atoms with van der Waals surface area (Å²) in [6.07, 6.45) is 0. The smallest absolute Gasteiger partial charge is 0.210 e. The number of rotatable bonds is 2. The molecular formula is C9H12BrClN4. The minimum absolute atomic E-state index is 0.520. The molecule has 0 bridgehead atoms. The maximum absolute atomic E-state index is 5.87. The molecule has 4 nitrogen and oxygen atoms in total. The molecule has 82 valence electrons. The molecule has 4 N–H and O–H groups in total. The highest BCUT2D eigenvalue weighted by Crippen LogP contribution is 2.25. The van der Waals surface area contributed by atoms with Gasteiger partial charge in [-0.15, -0.1) is 0 Å². The van der Waals surface area contributed by atoms with Crippen LogP contribution in [0.2, 0.25) is 5.02 Å². The molecule has 6 heteroatoms. The first kappa shape index (κ1) is 12.3. The van der Waals surface area contributed by atoms with Crippen LogP contribution in [0.15, 0.2) is 27.7 Å². The van der Waals surface area contributed by atoms with Crippen LogP contribution in [-0.2, 0) is 0 Å². The van der Waals surface area contributed by atoms with Gasteiger partial charge in [0.1, 0.15) is 0 Å². The van der Waals surface area contributed by atoms with Gasteiger partial charge in [-0.1, -0.05) is 11.6 Å². The van der Waals surface area contributed by atoms with Crippen molar-refractivity contribution in [1.29, 1.82) is 0 Å². The van der Waals surface area contributed by atoms with Crippen LogP contribution in [0.3, 0.4) is 0 Å². The summed E-state index contributed by atoms with van der Waals surface area (Å²) in [7, 11) is 0. The number of hydrogen-bond acceptors (Lipinski definition) is 2. The molecule has 1 rings (SSSR count). The van der Waals surface area contributed by atoms with E-state index in [9.17, 15) is 0 Å². The van der Waals surface area contributed by atoms with Crippen molar-refractivity contribution >= 4 is 39.2 Å². The van der Waals surface area contributed by atoms with Gasteiger partial charge in [-0.05, 0) is 41.1 Å². The fourth-order valence-corrected chi connectivity index (χ4v) is 1.49. The van der Waals surface area contributed by atoms with Crippen molar-refractivity contribution in [3.8, 4) is 0 Å². The first-order chi connectivity index (χ1) is 7.17. The fourth-order valence-electron chi connectivity index (χ4n) is 0.990. The molecular weight excluding hydrogens is 279 g/mol. The molecule has 0 fully saturated rings. The van der Waals surface area contributed by atoms with Crippen LogP contribution >= 0.6 is 27.5 Å². The Bertz CT molecular complexity index is 367. The lowest BCUT2D eigenvalue weighted by atomic mass is 10.3. The molecule has 0 amide bonds. The second-order valence-corrected chi connectivity index (χ2v) is 3.98. The molecule has 0 atom stereocenters. The Morgan fingerprint density at radius 1 is 1.60 bits per heavy atom. The average molecular weight is 292 g/mol. The van der Waals surface area contributed by atoms with Crippen LogP contribution in [-0.4, -0.2) is 12.5 Å². The molecule has 15 heavy (non-hydrogen) atoms. The number of halogens is 2. The van der Waals surface area contributed by atoms with Crippen LogP contribution in [0.4, 0.5) is 5.69 Å². The first-order valence-electron chi connectivity index (χ1n) is 4.40. The number of hydrazine groups is 1.